The average Bonchev–Trinajstić information content (AvgIpc) is 2.61. The molecule has 0 aromatic carbocycles. The van der Waals surface area contributed by atoms with Crippen LogP contribution in [0.5, 0.6) is 0 Å². The lowest BCUT2D eigenvalue weighted by atomic mass is 9.64. The highest BCUT2D eigenvalue weighted by atomic mass is 16.1. The van der Waals surface area contributed by atoms with Crippen LogP contribution in [-0.2, 0) is 14.4 Å². The van der Waals surface area contributed by atoms with Gasteiger partial charge in [-0.2, -0.15) is 0 Å². The molecule has 3 aliphatic carbocycles. The van der Waals surface area contributed by atoms with E-state index in [0.29, 0.717) is 43.2 Å². The van der Waals surface area contributed by atoms with Gasteiger partial charge in [0.2, 0.25) is 0 Å². The molecule has 3 fully saturated rings. The number of carbonyl (C=O) groups is 3. The molecule has 0 N–H and O–H groups in total. The van der Waals surface area contributed by atoms with Crippen molar-refractivity contribution in [3.05, 3.63) is 0 Å². The van der Waals surface area contributed by atoms with E-state index in [-0.39, 0.29) is 17.6 Å². The average molecular weight is 332 g/mol. The molecule has 0 aromatic rings. The van der Waals surface area contributed by atoms with Crippen molar-refractivity contribution in [2.24, 2.45) is 23.7 Å². The van der Waals surface area contributed by atoms with Gasteiger partial charge in [-0.3, -0.25) is 14.4 Å². The summed E-state index contributed by atoms with van der Waals surface area (Å²) in [7, 11) is 0. The van der Waals surface area contributed by atoms with Crippen molar-refractivity contribution in [3.8, 4) is 0 Å². The molecule has 3 unspecified atom stereocenters. The van der Waals surface area contributed by atoms with Gasteiger partial charge in [0, 0.05) is 37.5 Å². The SMILES string of the molecule is O=C1CCC(C(=O)CCCC(=O)C2CCCC3CCCCC32)CC1. The highest BCUT2D eigenvalue weighted by Gasteiger charge is 2.37. The second-order valence-corrected chi connectivity index (χ2v) is 8.34. The smallest absolute Gasteiger partial charge is 0.136 e. The van der Waals surface area contributed by atoms with E-state index in [9.17, 15) is 14.4 Å². The maximum atomic E-state index is 12.7. The highest BCUT2D eigenvalue weighted by molar-refractivity contribution is 5.86. The van der Waals surface area contributed by atoms with E-state index < -0.39 is 0 Å². The minimum Gasteiger partial charge on any atom is -0.300 e. The normalized spacial score (nSPS) is 31.5. The summed E-state index contributed by atoms with van der Waals surface area (Å²) in [6.45, 7) is 0. The quantitative estimate of drug-likeness (QED) is 0.711. The summed E-state index contributed by atoms with van der Waals surface area (Å²) < 4.78 is 0. The van der Waals surface area contributed by atoms with Crippen LogP contribution in [0.2, 0.25) is 0 Å². The Morgan fingerprint density at radius 1 is 0.792 bits per heavy atom. The van der Waals surface area contributed by atoms with Crippen LogP contribution >= 0.6 is 0 Å². The van der Waals surface area contributed by atoms with E-state index in [0.717, 1.165) is 31.6 Å². The first-order chi connectivity index (χ1) is 11.6. The van der Waals surface area contributed by atoms with Gasteiger partial charge in [0.25, 0.3) is 0 Å². The summed E-state index contributed by atoms with van der Waals surface area (Å²) in [5.41, 5.74) is 0. The van der Waals surface area contributed by atoms with Gasteiger partial charge in [-0.1, -0.05) is 32.1 Å². The number of Topliss-reactive ketones (excluding diaryl/α,β-unsaturated/α-hetero) is 3. The molecule has 0 aliphatic heterocycles. The number of fused-ring (bicyclic) bond motifs is 1. The molecule has 0 heterocycles. The first kappa shape index (κ1) is 17.8. The molecule has 0 saturated heterocycles. The predicted octanol–water partition coefficient (Wildman–Crippen LogP) is 4.66. The molecule has 3 nitrogen and oxygen atoms in total. The fraction of sp³-hybridized carbons (Fsp3) is 0.857. The predicted molar refractivity (Wildman–Crippen MR) is 93.6 cm³/mol. The lowest BCUT2D eigenvalue weighted by Gasteiger charge is -2.40. The largest absolute Gasteiger partial charge is 0.300 e. The molecule has 24 heavy (non-hydrogen) atoms. The fourth-order valence-electron chi connectivity index (χ4n) is 5.43. The zero-order chi connectivity index (χ0) is 16.9. The molecule has 0 spiro atoms. The van der Waals surface area contributed by atoms with E-state index >= 15 is 0 Å². The third kappa shape index (κ3) is 4.34. The maximum Gasteiger partial charge on any atom is 0.136 e. The van der Waals surface area contributed by atoms with Crippen molar-refractivity contribution in [3.63, 3.8) is 0 Å². The Balaban J connectivity index is 1.42. The Morgan fingerprint density at radius 3 is 2.25 bits per heavy atom. The third-order valence-electron chi connectivity index (χ3n) is 6.83. The molecule has 3 atom stereocenters. The minimum atomic E-state index is 0.0789. The van der Waals surface area contributed by atoms with Crippen LogP contribution in [0.1, 0.15) is 89.9 Å². The second-order valence-electron chi connectivity index (χ2n) is 8.34. The Labute approximate surface area is 146 Å². The zero-order valence-corrected chi connectivity index (χ0v) is 14.9. The maximum absolute atomic E-state index is 12.7. The molecule has 3 heteroatoms. The first-order valence-electron chi connectivity index (χ1n) is 10.2. The minimum absolute atomic E-state index is 0.0789. The summed E-state index contributed by atoms with van der Waals surface area (Å²) in [4.78, 5) is 36.2. The fourth-order valence-corrected chi connectivity index (χ4v) is 5.43. The van der Waals surface area contributed by atoms with Crippen LogP contribution in [0, 0.1) is 23.7 Å². The lowest BCUT2D eigenvalue weighted by Crippen LogP contribution is -2.35. The number of hydrogen-bond donors (Lipinski definition) is 0. The summed E-state index contributed by atoms with van der Waals surface area (Å²) in [6, 6.07) is 0. The number of carbonyl (C=O) groups excluding carboxylic acids is 3. The molecule has 134 valence electrons. The first-order valence-corrected chi connectivity index (χ1v) is 10.2. The lowest BCUT2D eigenvalue weighted by molar-refractivity contribution is -0.128. The second kappa shape index (κ2) is 8.40. The van der Waals surface area contributed by atoms with Crippen molar-refractivity contribution >= 4 is 17.3 Å². The van der Waals surface area contributed by atoms with Crippen molar-refractivity contribution in [1.82, 2.24) is 0 Å². The molecule has 3 rings (SSSR count). The summed E-state index contributed by atoms with van der Waals surface area (Å²) in [6.07, 6.45) is 13.3. The van der Waals surface area contributed by atoms with Gasteiger partial charge in [-0.25, -0.2) is 0 Å². The zero-order valence-electron chi connectivity index (χ0n) is 14.9. The van der Waals surface area contributed by atoms with Crippen molar-refractivity contribution in [1.29, 1.82) is 0 Å². The van der Waals surface area contributed by atoms with Gasteiger partial charge >= 0.3 is 0 Å². The Bertz CT molecular complexity index is 469. The molecular formula is C21H32O3. The molecule has 0 amide bonds. The molecule has 3 saturated carbocycles. The Morgan fingerprint density at radius 2 is 1.46 bits per heavy atom. The third-order valence-corrected chi connectivity index (χ3v) is 6.83. The summed E-state index contributed by atoms with van der Waals surface area (Å²) in [5.74, 6) is 2.81. The van der Waals surface area contributed by atoms with E-state index in [1.165, 1.54) is 38.5 Å². The highest BCUT2D eigenvalue weighted by Crippen LogP contribution is 2.44. The van der Waals surface area contributed by atoms with Crippen LogP contribution in [0.15, 0.2) is 0 Å². The number of ketones is 3. The van der Waals surface area contributed by atoms with Crippen molar-refractivity contribution < 1.29 is 14.4 Å². The van der Waals surface area contributed by atoms with E-state index in [4.69, 9.17) is 0 Å². The van der Waals surface area contributed by atoms with Gasteiger partial charge in [0.1, 0.15) is 17.3 Å². The van der Waals surface area contributed by atoms with Gasteiger partial charge in [-0.15, -0.1) is 0 Å². The van der Waals surface area contributed by atoms with Crippen molar-refractivity contribution in [2.75, 3.05) is 0 Å². The van der Waals surface area contributed by atoms with Gasteiger partial charge in [0.15, 0.2) is 0 Å². The summed E-state index contributed by atoms with van der Waals surface area (Å²) >= 11 is 0. The van der Waals surface area contributed by atoms with Crippen LogP contribution in [0.4, 0.5) is 0 Å². The molecule has 0 aromatic heterocycles. The monoisotopic (exact) mass is 332 g/mol. The van der Waals surface area contributed by atoms with Gasteiger partial charge in [-0.05, 0) is 43.9 Å². The number of hydrogen-bond acceptors (Lipinski definition) is 3. The van der Waals surface area contributed by atoms with Crippen LogP contribution in [0.25, 0.3) is 0 Å². The van der Waals surface area contributed by atoms with E-state index in [1.807, 2.05) is 0 Å². The number of rotatable bonds is 6. The Kier molecular flexibility index (Phi) is 6.24. The van der Waals surface area contributed by atoms with E-state index in [1.54, 1.807) is 0 Å². The van der Waals surface area contributed by atoms with E-state index in [2.05, 4.69) is 0 Å². The molecule has 3 aliphatic rings. The van der Waals surface area contributed by atoms with Crippen LogP contribution < -0.4 is 0 Å². The molecule has 0 bridgehead atoms. The summed E-state index contributed by atoms with van der Waals surface area (Å²) in [5, 5.41) is 0. The van der Waals surface area contributed by atoms with Crippen LogP contribution in [0.3, 0.4) is 0 Å². The Hall–Kier alpha value is -0.990. The molecule has 0 radical (unpaired) electrons. The van der Waals surface area contributed by atoms with Gasteiger partial charge in [0.05, 0.1) is 0 Å². The van der Waals surface area contributed by atoms with Gasteiger partial charge < -0.3 is 0 Å². The van der Waals surface area contributed by atoms with Crippen LogP contribution in [-0.4, -0.2) is 17.3 Å². The molecular weight excluding hydrogens is 300 g/mol. The topological polar surface area (TPSA) is 51.2 Å². The van der Waals surface area contributed by atoms with Crippen molar-refractivity contribution in [2.45, 2.75) is 89.9 Å². The standard InChI is InChI=1S/C21H32O3/c22-17-13-11-16(12-14-17)20(23)9-4-10-21(24)19-8-3-6-15-5-1-2-7-18(15)19/h15-16,18-19H,1-14H2.